The standard InChI is InChI=1S/C15H23NO2/c1-12-5-3-6-13(11-16-2)15(12)18-10-8-14-7-4-9-17-14/h3,5-6,14,16H,4,7-11H2,1-2H3. The number of hydrogen-bond donors (Lipinski definition) is 1. The molecule has 3 heteroatoms. The van der Waals surface area contributed by atoms with Gasteiger partial charge in [-0.1, -0.05) is 18.2 Å². The first kappa shape index (κ1) is 13.4. The van der Waals surface area contributed by atoms with Crippen LogP contribution in [0.3, 0.4) is 0 Å². The van der Waals surface area contributed by atoms with E-state index in [0.29, 0.717) is 6.10 Å². The molecule has 0 aliphatic carbocycles. The molecule has 1 aliphatic rings. The number of ether oxygens (including phenoxy) is 2. The van der Waals surface area contributed by atoms with Crippen molar-refractivity contribution >= 4 is 0 Å². The summed E-state index contributed by atoms with van der Waals surface area (Å²) in [5.74, 6) is 1.03. The third-order valence-electron chi connectivity index (χ3n) is 3.37. The van der Waals surface area contributed by atoms with E-state index in [1.54, 1.807) is 0 Å². The number of benzene rings is 1. The highest BCUT2D eigenvalue weighted by molar-refractivity contribution is 5.40. The molecule has 0 aromatic heterocycles. The molecule has 1 unspecified atom stereocenters. The number of nitrogens with one attached hydrogen (secondary N) is 1. The van der Waals surface area contributed by atoms with Crippen LogP contribution < -0.4 is 10.1 Å². The lowest BCUT2D eigenvalue weighted by Crippen LogP contribution is -2.13. The van der Waals surface area contributed by atoms with Gasteiger partial charge in [0.1, 0.15) is 5.75 Å². The minimum Gasteiger partial charge on any atom is -0.493 e. The highest BCUT2D eigenvalue weighted by atomic mass is 16.5. The average Bonchev–Trinajstić information content (AvgIpc) is 2.86. The van der Waals surface area contributed by atoms with Gasteiger partial charge in [-0.15, -0.1) is 0 Å². The van der Waals surface area contributed by atoms with Crippen LogP contribution in [0.2, 0.25) is 0 Å². The lowest BCUT2D eigenvalue weighted by molar-refractivity contribution is 0.0901. The summed E-state index contributed by atoms with van der Waals surface area (Å²) in [7, 11) is 1.96. The predicted octanol–water partition coefficient (Wildman–Crippen LogP) is 2.66. The maximum Gasteiger partial charge on any atom is 0.126 e. The molecule has 1 aromatic rings. The van der Waals surface area contributed by atoms with Crippen molar-refractivity contribution in [1.29, 1.82) is 0 Å². The molecule has 18 heavy (non-hydrogen) atoms. The number of para-hydroxylation sites is 1. The first-order valence-corrected chi connectivity index (χ1v) is 6.78. The van der Waals surface area contributed by atoms with E-state index < -0.39 is 0 Å². The number of aryl methyl sites for hydroxylation is 1. The van der Waals surface area contributed by atoms with E-state index in [4.69, 9.17) is 9.47 Å². The Balaban J connectivity index is 1.90. The van der Waals surface area contributed by atoms with Crippen molar-refractivity contribution in [2.24, 2.45) is 0 Å². The smallest absolute Gasteiger partial charge is 0.126 e. The minimum atomic E-state index is 0.404. The third-order valence-corrected chi connectivity index (χ3v) is 3.37. The Kier molecular flexibility index (Phi) is 5.02. The first-order chi connectivity index (χ1) is 8.81. The van der Waals surface area contributed by atoms with Crippen LogP contribution in [0.25, 0.3) is 0 Å². The normalized spacial score (nSPS) is 19.1. The Hall–Kier alpha value is -1.06. The van der Waals surface area contributed by atoms with Gasteiger partial charge in [-0.05, 0) is 32.4 Å². The Bertz CT molecular complexity index is 373. The van der Waals surface area contributed by atoms with Crippen LogP contribution in [0.1, 0.15) is 30.4 Å². The summed E-state index contributed by atoms with van der Waals surface area (Å²) in [5.41, 5.74) is 2.43. The molecular weight excluding hydrogens is 226 g/mol. The van der Waals surface area contributed by atoms with Crippen molar-refractivity contribution in [3.8, 4) is 5.75 Å². The molecule has 1 N–H and O–H groups in total. The molecule has 100 valence electrons. The quantitative estimate of drug-likeness (QED) is 0.840. The summed E-state index contributed by atoms with van der Waals surface area (Å²) in [4.78, 5) is 0. The summed E-state index contributed by atoms with van der Waals surface area (Å²) in [6, 6.07) is 6.29. The van der Waals surface area contributed by atoms with Gasteiger partial charge >= 0.3 is 0 Å². The van der Waals surface area contributed by atoms with Crippen LogP contribution in [0, 0.1) is 6.92 Å². The summed E-state index contributed by atoms with van der Waals surface area (Å²) in [6.07, 6.45) is 3.77. The van der Waals surface area contributed by atoms with E-state index in [1.165, 1.54) is 24.0 Å². The molecule has 1 fully saturated rings. The van der Waals surface area contributed by atoms with Gasteiger partial charge in [0.2, 0.25) is 0 Å². The second kappa shape index (κ2) is 6.76. The second-order valence-corrected chi connectivity index (χ2v) is 4.87. The maximum atomic E-state index is 5.96. The van der Waals surface area contributed by atoms with Crippen molar-refractivity contribution < 1.29 is 9.47 Å². The van der Waals surface area contributed by atoms with Gasteiger partial charge in [-0.3, -0.25) is 0 Å². The summed E-state index contributed by atoms with van der Waals surface area (Å²) >= 11 is 0. The highest BCUT2D eigenvalue weighted by Crippen LogP contribution is 2.24. The topological polar surface area (TPSA) is 30.5 Å². The van der Waals surface area contributed by atoms with Crippen molar-refractivity contribution in [2.45, 2.75) is 38.8 Å². The van der Waals surface area contributed by atoms with Crippen LogP contribution in [-0.2, 0) is 11.3 Å². The van der Waals surface area contributed by atoms with Gasteiger partial charge in [0.05, 0.1) is 12.7 Å². The summed E-state index contributed by atoms with van der Waals surface area (Å²) in [5, 5.41) is 3.18. The van der Waals surface area contributed by atoms with Crippen molar-refractivity contribution in [3.05, 3.63) is 29.3 Å². The Labute approximate surface area is 109 Å². The van der Waals surface area contributed by atoms with E-state index in [9.17, 15) is 0 Å². The largest absolute Gasteiger partial charge is 0.493 e. The molecule has 2 rings (SSSR count). The monoisotopic (exact) mass is 249 g/mol. The molecule has 1 saturated heterocycles. The summed E-state index contributed by atoms with van der Waals surface area (Å²) < 4.78 is 11.6. The Morgan fingerprint density at radius 3 is 3.06 bits per heavy atom. The zero-order chi connectivity index (χ0) is 12.8. The molecular formula is C15H23NO2. The lowest BCUT2D eigenvalue weighted by Gasteiger charge is -2.15. The molecule has 0 bridgehead atoms. The Morgan fingerprint density at radius 1 is 1.44 bits per heavy atom. The number of rotatable bonds is 6. The fraction of sp³-hybridized carbons (Fsp3) is 0.600. The fourth-order valence-corrected chi connectivity index (χ4v) is 2.41. The van der Waals surface area contributed by atoms with Gasteiger partial charge in [-0.25, -0.2) is 0 Å². The highest BCUT2D eigenvalue weighted by Gasteiger charge is 2.15. The second-order valence-electron chi connectivity index (χ2n) is 4.87. The minimum absolute atomic E-state index is 0.404. The molecule has 0 saturated carbocycles. The van der Waals surface area contributed by atoms with Gasteiger partial charge in [0.15, 0.2) is 0 Å². The van der Waals surface area contributed by atoms with E-state index in [2.05, 4.69) is 30.4 Å². The van der Waals surface area contributed by atoms with E-state index in [-0.39, 0.29) is 0 Å². The van der Waals surface area contributed by atoms with Gasteiger partial charge in [0, 0.05) is 25.1 Å². The van der Waals surface area contributed by atoms with E-state index >= 15 is 0 Å². The van der Waals surface area contributed by atoms with Gasteiger partial charge < -0.3 is 14.8 Å². The van der Waals surface area contributed by atoms with Crippen molar-refractivity contribution in [1.82, 2.24) is 5.32 Å². The average molecular weight is 249 g/mol. The predicted molar refractivity (Wildman–Crippen MR) is 73.0 cm³/mol. The van der Waals surface area contributed by atoms with Crippen molar-refractivity contribution in [3.63, 3.8) is 0 Å². The SMILES string of the molecule is CNCc1cccc(C)c1OCCC1CCCO1. The van der Waals surface area contributed by atoms with Crippen LogP contribution >= 0.6 is 0 Å². The van der Waals surface area contributed by atoms with Gasteiger partial charge in [-0.2, -0.15) is 0 Å². The Morgan fingerprint density at radius 2 is 2.33 bits per heavy atom. The van der Waals surface area contributed by atoms with Crippen LogP contribution in [0.15, 0.2) is 18.2 Å². The summed E-state index contributed by atoms with van der Waals surface area (Å²) in [6.45, 7) is 4.60. The molecule has 1 aromatic carbocycles. The van der Waals surface area contributed by atoms with Crippen LogP contribution in [0.4, 0.5) is 0 Å². The number of hydrogen-bond acceptors (Lipinski definition) is 3. The van der Waals surface area contributed by atoms with Crippen LogP contribution in [-0.4, -0.2) is 26.4 Å². The van der Waals surface area contributed by atoms with Crippen LogP contribution in [0.5, 0.6) is 5.75 Å². The molecule has 3 nitrogen and oxygen atoms in total. The zero-order valence-corrected chi connectivity index (χ0v) is 11.4. The van der Waals surface area contributed by atoms with E-state index in [0.717, 1.165) is 31.9 Å². The molecule has 1 aliphatic heterocycles. The van der Waals surface area contributed by atoms with E-state index in [1.807, 2.05) is 7.05 Å². The molecule has 0 amide bonds. The fourth-order valence-electron chi connectivity index (χ4n) is 2.41. The van der Waals surface area contributed by atoms with Crippen molar-refractivity contribution in [2.75, 3.05) is 20.3 Å². The lowest BCUT2D eigenvalue weighted by atomic mass is 10.1. The molecule has 0 spiro atoms. The molecule has 1 heterocycles. The first-order valence-electron chi connectivity index (χ1n) is 6.78. The van der Waals surface area contributed by atoms with Gasteiger partial charge in [0.25, 0.3) is 0 Å². The zero-order valence-electron chi connectivity index (χ0n) is 11.4. The molecule has 0 radical (unpaired) electrons. The maximum absolute atomic E-state index is 5.96. The third kappa shape index (κ3) is 3.47. The molecule has 1 atom stereocenters.